The number of rotatable bonds is 44. The zero-order valence-corrected chi connectivity index (χ0v) is 40.5. The summed E-state index contributed by atoms with van der Waals surface area (Å²) >= 11 is 0. The average Bonchev–Trinajstić information content (AvgIpc) is 3.28. The van der Waals surface area contributed by atoms with E-state index in [2.05, 4.69) is 118 Å². The molecule has 6 heteroatoms. The van der Waals surface area contributed by atoms with E-state index < -0.39 is 6.10 Å². The standard InChI is InChI=1S/C57H92O6/c1-4-7-10-13-16-19-22-24-26-28-29-30-32-33-35-38-41-44-47-50-56(59)62-53-54(52-61-55(58)49-46-43-40-37-21-18-15-12-9-6-3)63-57(60)51-48-45-42-39-36-34-31-27-25-23-20-17-14-11-8-5-2/h7-8,10-11,16-17,19-20,24-27,29-30,33,35,41,44,54H,4-6,9,12-15,18,21-23,28,31-32,34,36-40,42-43,45-53H2,1-3H3/b10-7-,11-8-,19-16-,20-17-,26-24-,27-25-,30-29-,35-33-,44-41-. The van der Waals surface area contributed by atoms with Gasteiger partial charge < -0.3 is 14.2 Å². The highest BCUT2D eigenvalue weighted by Gasteiger charge is 2.19. The molecule has 0 aliphatic carbocycles. The molecule has 0 aliphatic rings. The van der Waals surface area contributed by atoms with Crippen LogP contribution in [0.25, 0.3) is 0 Å². The predicted octanol–water partition coefficient (Wildman–Crippen LogP) is 16.8. The minimum atomic E-state index is -0.814. The molecule has 0 saturated carbocycles. The Hall–Kier alpha value is -3.93. The summed E-state index contributed by atoms with van der Waals surface area (Å²) in [7, 11) is 0. The van der Waals surface area contributed by atoms with Crippen LogP contribution in [0.15, 0.2) is 109 Å². The third kappa shape index (κ3) is 49.0. The fourth-order valence-corrected chi connectivity index (χ4v) is 6.54. The highest BCUT2D eigenvalue weighted by molar-refractivity contribution is 5.71. The second-order valence-corrected chi connectivity index (χ2v) is 16.3. The van der Waals surface area contributed by atoms with E-state index in [9.17, 15) is 14.4 Å². The molecular formula is C57H92O6. The van der Waals surface area contributed by atoms with E-state index in [1.54, 1.807) is 0 Å². The van der Waals surface area contributed by atoms with Crippen molar-refractivity contribution in [2.45, 2.75) is 219 Å². The van der Waals surface area contributed by atoms with Crippen molar-refractivity contribution < 1.29 is 28.6 Å². The maximum Gasteiger partial charge on any atom is 0.306 e. The van der Waals surface area contributed by atoms with Crippen LogP contribution in [-0.2, 0) is 28.6 Å². The minimum absolute atomic E-state index is 0.107. The Morgan fingerprint density at radius 1 is 0.333 bits per heavy atom. The number of allylic oxidation sites excluding steroid dienone is 18. The largest absolute Gasteiger partial charge is 0.462 e. The molecule has 1 unspecified atom stereocenters. The van der Waals surface area contributed by atoms with Crippen LogP contribution in [0, 0.1) is 0 Å². The normalized spacial score (nSPS) is 13.0. The van der Waals surface area contributed by atoms with Gasteiger partial charge in [-0.05, 0) is 89.9 Å². The van der Waals surface area contributed by atoms with Crippen molar-refractivity contribution in [3.05, 3.63) is 109 Å². The van der Waals surface area contributed by atoms with Gasteiger partial charge in [-0.3, -0.25) is 14.4 Å². The Morgan fingerprint density at radius 3 is 1.06 bits per heavy atom. The second kappa shape index (κ2) is 50.7. The number of ether oxygens (including phenoxy) is 3. The molecule has 63 heavy (non-hydrogen) atoms. The first-order valence-corrected chi connectivity index (χ1v) is 25.4. The smallest absolute Gasteiger partial charge is 0.306 e. The number of unbranched alkanes of at least 4 members (excludes halogenated alkanes) is 15. The topological polar surface area (TPSA) is 78.9 Å². The van der Waals surface area contributed by atoms with E-state index >= 15 is 0 Å². The molecule has 0 radical (unpaired) electrons. The van der Waals surface area contributed by atoms with Gasteiger partial charge in [-0.25, -0.2) is 0 Å². The zero-order valence-electron chi connectivity index (χ0n) is 40.5. The Kier molecular flexibility index (Phi) is 47.5. The van der Waals surface area contributed by atoms with Crippen molar-refractivity contribution in [1.29, 1.82) is 0 Å². The van der Waals surface area contributed by atoms with Crippen LogP contribution >= 0.6 is 0 Å². The number of hydrogen-bond acceptors (Lipinski definition) is 6. The Morgan fingerprint density at radius 2 is 0.651 bits per heavy atom. The van der Waals surface area contributed by atoms with E-state index in [1.807, 2.05) is 12.2 Å². The van der Waals surface area contributed by atoms with Crippen molar-refractivity contribution in [2.24, 2.45) is 0 Å². The summed E-state index contributed by atoms with van der Waals surface area (Å²) in [5.74, 6) is -1.02. The Labute approximate surface area is 387 Å². The maximum atomic E-state index is 12.8. The maximum absolute atomic E-state index is 12.8. The van der Waals surface area contributed by atoms with Gasteiger partial charge in [0.05, 0.1) is 0 Å². The van der Waals surface area contributed by atoms with Crippen molar-refractivity contribution >= 4 is 17.9 Å². The van der Waals surface area contributed by atoms with Gasteiger partial charge in [0.2, 0.25) is 0 Å². The highest BCUT2D eigenvalue weighted by atomic mass is 16.6. The average molecular weight is 873 g/mol. The molecule has 0 fully saturated rings. The molecule has 0 spiro atoms. The lowest BCUT2D eigenvalue weighted by Crippen LogP contribution is -2.30. The third-order valence-electron chi connectivity index (χ3n) is 10.3. The van der Waals surface area contributed by atoms with E-state index in [4.69, 9.17) is 14.2 Å². The molecular weight excluding hydrogens is 781 g/mol. The van der Waals surface area contributed by atoms with Gasteiger partial charge in [0.1, 0.15) is 13.2 Å². The number of esters is 3. The fraction of sp³-hybridized carbons (Fsp3) is 0.632. The van der Waals surface area contributed by atoms with Crippen LogP contribution in [0.4, 0.5) is 0 Å². The molecule has 0 rings (SSSR count). The van der Waals surface area contributed by atoms with Crippen molar-refractivity contribution in [2.75, 3.05) is 13.2 Å². The van der Waals surface area contributed by atoms with Crippen molar-refractivity contribution in [3.63, 3.8) is 0 Å². The van der Waals surface area contributed by atoms with Crippen LogP contribution in [0.3, 0.4) is 0 Å². The lowest BCUT2D eigenvalue weighted by Gasteiger charge is -2.18. The Balaban J connectivity index is 4.51. The lowest BCUT2D eigenvalue weighted by atomic mass is 10.1. The predicted molar refractivity (Wildman–Crippen MR) is 270 cm³/mol. The molecule has 0 saturated heterocycles. The van der Waals surface area contributed by atoms with Gasteiger partial charge in [0, 0.05) is 19.3 Å². The van der Waals surface area contributed by atoms with Gasteiger partial charge in [0.25, 0.3) is 0 Å². The monoisotopic (exact) mass is 873 g/mol. The molecule has 0 aromatic carbocycles. The van der Waals surface area contributed by atoms with Gasteiger partial charge in [0.15, 0.2) is 6.10 Å². The molecule has 356 valence electrons. The summed E-state index contributed by atoms with van der Waals surface area (Å²) in [6, 6.07) is 0. The first-order chi connectivity index (χ1) is 31.0. The van der Waals surface area contributed by atoms with Gasteiger partial charge in [-0.2, -0.15) is 0 Å². The molecule has 0 heterocycles. The van der Waals surface area contributed by atoms with Crippen molar-refractivity contribution in [1.82, 2.24) is 0 Å². The van der Waals surface area contributed by atoms with Crippen LogP contribution in [0.2, 0.25) is 0 Å². The molecule has 0 aliphatic heterocycles. The van der Waals surface area contributed by atoms with Crippen LogP contribution in [0.5, 0.6) is 0 Å². The SMILES string of the molecule is CC/C=C\C/C=C\C/C=C\C/C=C\C/C=C\C/C=C\CCC(=O)OCC(COC(=O)CCCCCCCCCCCC)OC(=O)CCCCCCCC/C=C\C/C=C\C/C=C\CC. The second-order valence-electron chi connectivity index (χ2n) is 16.3. The molecule has 0 bridgehead atoms. The van der Waals surface area contributed by atoms with Crippen molar-refractivity contribution in [3.8, 4) is 0 Å². The van der Waals surface area contributed by atoms with E-state index in [-0.39, 0.29) is 37.5 Å². The number of hydrogen-bond donors (Lipinski definition) is 0. The molecule has 6 nitrogen and oxygen atoms in total. The summed E-state index contributed by atoms with van der Waals surface area (Å²) < 4.78 is 16.7. The van der Waals surface area contributed by atoms with Gasteiger partial charge in [-0.15, -0.1) is 0 Å². The minimum Gasteiger partial charge on any atom is -0.462 e. The Bertz CT molecular complexity index is 1330. The summed E-state index contributed by atoms with van der Waals surface area (Å²) in [4.78, 5) is 37.9. The van der Waals surface area contributed by atoms with Gasteiger partial charge >= 0.3 is 17.9 Å². The number of carbonyl (C=O) groups excluding carboxylic acids is 3. The van der Waals surface area contributed by atoms with Gasteiger partial charge in [-0.1, -0.05) is 214 Å². The summed E-state index contributed by atoms with van der Waals surface area (Å²) in [6.45, 7) is 6.31. The first-order valence-electron chi connectivity index (χ1n) is 25.4. The lowest BCUT2D eigenvalue weighted by molar-refractivity contribution is -0.166. The van der Waals surface area contributed by atoms with Crippen LogP contribution in [-0.4, -0.2) is 37.2 Å². The van der Waals surface area contributed by atoms with Crippen LogP contribution < -0.4 is 0 Å². The molecule has 0 amide bonds. The third-order valence-corrected chi connectivity index (χ3v) is 10.3. The summed E-state index contributed by atoms with van der Waals surface area (Å²) in [5, 5.41) is 0. The molecule has 0 N–H and O–H groups in total. The molecule has 1 atom stereocenters. The fourth-order valence-electron chi connectivity index (χ4n) is 6.54. The van der Waals surface area contributed by atoms with Crippen LogP contribution in [0.1, 0.15) is 213 Å². The first kappa shape index (κ1) is 59.1. The van der Waals surface area contributed by atoms with E-state index in [1.165, 1.54) is 57.8 Å². The highest BCUT2D eigenvalue weighted by Crippen LogP contribution is 2.13. The summed E-state index contributed by atoms with van der Waals surface area (Å²) in [6.07, 6.45) is 68.0. The number of carbonyl (C=O) groups is 3. The molecule has 0 aromatic rings. The summed E-state index contributed by atoms with van der Waals surface area (Å²) in [5.41, 5.74) is 0. The van der Waals surface area contributed by atoms with E-state index in [0.29, 0.717) is 19.3 Å². The van der Waals surface area contributed by atoms with E-state index in [0.717, 1.165) is 109 Å². The zero-order chi connectivity index (χ0) is 45.8. The quantitative estimate of drug-likeness (QED) is 0.0263. The molecule has 0 aromatic heterocycles.